The van der Waals surface area contributed by atoms with Gasteiger partial charge in [-0.2, -0.15) is 0 Å². The molecule has 0 fully saturated rings. The predicted molar refractivity (Wildman–Crippen MR) is 121 cm³/mol. The number of carbonyl (C=O) groups excluding carboxylic acids is 2. The van der Waals surface area contributed by atoms with Gasteiger partial charge in [-0.05, 0) is 37.8 Å². The maximum absolute atomic E-state index is 12.3. The van der Waals surface area contributed by atoms with Gasteiger partial charge in [0.05, 0.1) is 0 Å². The molecule has 1 rings (SSSR count). The van der Waals surface area contributed by atoms with E-state index < -0.39 is 0 Å². The third-order valence-corrected chi connectivity index (χ3v) is 5.91. The number of unbranched alkanes of at least 4 members (excludes halogenated alkanes) is 14. The van der Waals surface area contributed by atoms with Crippen LogP contribution in [-0.4, -0.2) is 11.6 Å². The molecule has 0 saturated heterocycles. The van der Waals surface area contributed by atoms with Crippen LogP contribution in [0.3, 0.4) is 0 Å². The quantitative estimate of drug-likeness (QED) is 0.176. The van der Waals surface area contributed by atoms with E-state index in [1.807, 2.05) is 0 Å². The molecule has 0 unspecified atom stereocenters. The fourth-order valence-electron chi connectivity index (χ4n) is 4.07. The molecule has 0 aliphatic heterocycles. The van der Waals surface area contributed by atoms with Crippen LogP contribution in [0, 0.1) is 0 Å². The first kappa shape index (κ1) is 24.9. The lowest BCUT2D eigenvalue weighted by atomic mass is 9.88. The Morgan fingerprint density at radius 2 is 0.750 bits per heavy atom. The molecule has 1 aliphatic rings. The Labute approximate surface area is 174 Å². The van der Waals surface area contributed by atoms with Gasteiger partial charge in [-0.15, -0.1) is 0 Å². The van der Waals surface area contributed by atoms with E-state index in [0.717, 1.165) is 36.8 Å². The molecule has 0 spiro atoms. The second kappa shape index (κ2) is 16.7. The zero-order valence-corrected chi connectivity index (χ0v) is 18.7. The Morgan fingerprint density at radius 3 is 1.07 bits per heavy atom. The van der Waals surface area contributed by atoms with Gasteiger partial charge >= 0.3 is 0 Å². The molecule has 0 radical (unpaired) electrons. The lowest BCUT2D eigenvalue weighted by molar-refractivity contribution is -0.115. The van der Waals surface area contributed by atoms with Crippen molar-refractivity contribution in [3.63, 3.8) is 0 Å². The van der Waals surface area contributed by atoms with Crippen LogP contribution in [-0.2, 0) is 9.59 Å². The van der Waals surface area contributed by atoms with Crippen LogP contribution in [0.15, 0.2) is 23.3 Å². The van der Waals surface area contributed by atoms with E-state index in [9.17, 15) is 9.59 Å². The number of hydrogen-bond donors (Lipinski definition) is 0. The van der Waals surface area contributed by atoms with E-state index >= 15 is 0 Å². The zero-order chi connectivity index (χ0) is 20.5. The van der Waals surface area contributed by atoms with E-state index in [1.54, 1.807) is 0 Å². The molecule has 160 valence electrons. The van der Waals surface area contributed by atoms with Crippen molar-refractivity contribution in [2.24, 2.45) is 0 Å². The normalized spacial score (nSPS) is 14.4. The number of carbonyl (C=O) groups is 2. The number of hydrogen-bond acceptors (Lipinski definition) is 2. The summed E-state index contributed by atoms with van der Waals surface area (Å²) in [7, 11) is 0. The Bertz CT molecular complexity index is 455. The molecule has 0 aromatic rings. The molecule has 1 aliphatic carbocycles. The van der Waals surface area contributed by atoms with Crippen molar-refractivity contribution in [1.82, 2.24) is 0 Å². The molecule has 0 bridgehead atoms. The van der Waals surface area contributed by atoms with Crippen LogP contribution in [0.2, 0.25) is 0 Å². The first-order valence-electron chi connectivity index (χ1n) is 12.2. The molecule has 2 heteroatoms. The van der Waals surface area contributed by atoms with E-state index in [-0.39, 0.29) is 11.6 Å². The van der Waals surface area contributed by atoms with Crippen molar-refractivity contribution in [3.8, 4) is 0 Å². The van der Waals surface area contributed by atoms with Crippen molar-refractivity contribution in [3.05, 3.63) is 23.3 Å². The molecule has 0 N–H and O–H groups in total. The Kier molecular flexibility index (Phi) is 14.9. The lowest BCUT2D eigenvalue weighted by Crippen LogP contribution is -2.15. The second-order valence-corrected chi connectivity index (χ2v) is 8.47. The van der Waals surface area contributed by atoms with Crippen molar-refractivity contribution >= 4 is 11.6 Å². The highest BCUT2D eigenvalue weighted by atomic mass is 16.1. The summed E-state index contributed by atoms with van der Waals surface area (Å²) in [4.78, 5) is 24.7. The first-order chi connectivity index (χ1) is 13.7. The van der Waals surface area contributed by atoms with Gasteiger partial charge in [0.1, 0.15) is 0 Å². The predicted octanol–water partition coefficient (Wildman–Crippen LogP) is 8.05. The SMILES string of the molecule is CCCCCCCCCCC1=C(CCCCCCCCCC)C(=O)C=CC1=O. The monoisotopic (exact) mass is 388 g/mol. The highest BCUT2D eigenvalue weighted by molar-refractivity contribution is 6.20. The maximum Gasteiger partial charge on any atom is 0.182 e. The van der Waals surface area contributed by atoms with Gasteiger partial charge in [0, 0.05) is 11.1 Å². The van der Waals surface area contributed by atoms with Crippen LogP contribution in [0.4, 0.5) is 0 Å². The minimum absolute atomic E-state index is 0.0807. The topological polar surface area (TPSA) is 34.1 Å². The number of ketones is 2. The summed E-state index contributed by atoms with van der Waals surface area (Å²) in [6.07, 6.45) is 24.7. The summed E-state index contributed by atoms with van der Waals surface area (Å²) >= 11 is 0. The van der Waals surface area contributed by atoms with E-state index in [2.05, 4.69) is 13.8 Å². The van der Waals surface area contributed by atoms with Crippen molar-refractivity contribution in [2.45, 2.75) is 129 Å². The summed E-state index contributed by atoms with van der Waals surface area (Å²) in [5.41, 5.74) is 1.64. The Balaban J connectivity index is 2.30. The number of rotatable bonds is 18. The average molecular weight is 389 g/mol. The smallest absolute Gasteiger partial charge is 0.182 e. The zero-order valence-electron chi connectivity index (χ0n) is 18.7. The summed E-state index contributed by atoms with van der Waals surface area (Å²) in [5, 5.41) is 0. The summed E-state index contributed by atoms with van der Waals surface area (Å²) in [5.74, 6) is 0.161. The fourth-order valence-corrected chi connectivity index (χ4v) is 4.07. The van der Waals surface area contributed by atoms with Gasteiger partial charge in [0.2, 0.25) is 0 Å². The molecule has 2 nitrogen and oxygen atoms in total. The molecular weight excluding hydrogens is 344 g/mol. The van der Waals surface area contributed by atoms with E-state index in [4.69, 9.17) is 0 Å². The van der Waals surface area contributed by atoms with Gasteiger partial charge in [-0.1, -0.05) is 104 Å². The molecule has 0 atom stereocenters. The molecule has 0 saturated carbocycles. The fraction of sp³-hybridized carbons (Fsp3) is 0.769. The first-order valence-corrected chi connectivity index (χ1v) is 12.2. The standard InChI is InChI=1S/C26H44O2/c1-3-5-7-9-11-13-15-17-19-23-24(26(28)22-21-25(23)27)20-18-16-14-12-10-8-6-4-2/h21-22H,3-20H2,1-2H3. The van der Waals surface area contributed by atoms with Crippen LogP contribution in [0.5, 0.6) is 0 Å². The van der Waals surface area contributed by atoms with Gasteiger partial charge in [0.15, 0.2) is 11.6 Å². The van der Waals surface area contributed by atoms with Crippen LogP contribution >= 0.6 is 0 Å². The van der Waals surface area contributed by atoms with Crippen LogP contribution < -0.4 is 0 Å². The summed E-state index contributed by atoms with van der Waals surface area (Å²) in [6.45, 7) is 4.49. The minimum atomic E-state index is 0.0807. The third kappa shape index (κ3) is 11.0. The Morgan fingerprint density at radius 1 is 0.464 bits per heavy atom. The largest absolute Gasteiger partial charge is 0.290 e. The second-order valence-electron chi connectivity index (χ2n) is 8.47. The highest BCUT2D eigenvalue weighted by Crippen LogP contribution is 2.25. The maximum atomic E-state index is 12.3. The summed E-state index contributed by atoms with van der Waals surface area (Å²) in [6, 6.07) is 0. The van der Waals surface area contributed by atoms with Gasteiger partial charge in [-0.3, -0.25) is 9.59 Å². The van der Waals surface area contributed by atoms with Gasteiger partial charge < -0.3 is 0 Å². The minimum Gasteiger partial charge on any atom is -0.290 e. The van der Waals surface area contributed by atoms with Crippen molar-refractivity contribution in [1.29, 1.82) is 0 Å². The molecule has 0 amide bonds. The molecule has 0 heterocycles. The molecular formula is C26H44O2. The molecule has 28 heavy (non-hydrogen) atoms. The number of allylic oxidation sites excluding steroid dienone is 4. The third-order valence-electron chi connectivity index (χ3n) is 5.91. The summed E-state index contributed by atoms with van der Waals surface area (Å²) < 4.78 is 0. The molecule has 0 aromatic heterocycles. The lowest BCUT2D eigenvalue weighted by Gasteiger charge is -2.15. The average Bonchev–Trinajstić information content (AvgIpc) is 2.69. The van der Waals surface area contributed by atoms with Gasteiger partial charge in [0.25, 0.3) is 0 Å². The van der Waals surface area contributed by atoms with E-state index in [1.165, 1.54) is 102 Å². The van der Waals surface area contributed by atoms with Crippen molar-refractivity contribution in [2.75, 3.05) is 0 Å². The van der Waals surface area contributed by atoms with Gasteiger partial charge in [-0.25, -0.2) is 0 Å². The van der Waals surface area contributed by atoms with Crippen LogP contribution in [0.25, 0.3) is 0 Å². The Hall–Kier alpha value is -1.18. The van der Waals surface area contributed by atoms with Crippen molar-refractivity contribution < 1.29 is 9.59 Å². The highest BCUT2D eigenvalue weighted by Gasteiger charge is 2.21. The van der Waals surface area contributed by atoms with E-state index in [0.29, 0.717) is 0 Å². The molecule has 0 aromatic carbocycles. The van der Waals surface area contributed by atoms with Crippen LogP contribution in [0.1, 0.15) is 129 Å².